The topological polar surface area (TPSA) is 47.5 Å². The Hall–Kier alpha value is -2.92. The van der Waals surface area contributed by atoms with E-state index in [1.165, 1.54) is 16.7 Å². The van der Waals surface area contributed by atoms with Gasteiger partial charge in [0.25, 0.3) is 0 Å². The van der Waals surface area contributed by atoms with E-state index in [2.05, 4.69) is 75.9 Å². The molecule has 1 heterocycles. The highest BCUT2D eigenvalue weighted by Crippen LogP contribution is 2.31. The summed E-state index contributed by atoms with van der Waals surface area (Å²) in [6, 6.07) is 12.9. The van der Waals surface area contributed by atoms with Crippen molar-refractivity contribution in [3.63, 3.8) is 0 Å². The van der Waals surface area contributed by atoms with E-state index in [9.17, 15) is 0 Å². The maximum absolute atomic E-state index is 6.33. The van der Waals surface area contributed by atoms with Crippen LogP contribution < -0.4 is 9.47 Å². The van der Waals surface area contributed by atoms with E-state index in [1.54, 1.807) is 0 Å². The van der Waals surface area contributed by atoms with Crippen LogP contribution in [0.2, 0.25) is 0 Å². The Labute approximate surface area is 211 Å². The summed E-state index contributed by atoms with van der Waals surface area (Å²) in [4.78, 5) is 12.0. The van der Waals surface area contributed by atoms with E-state index >= 15 is 0 Å². The summed E-state index contributed by atoms with van der Waals surface area (Å²) in [6.45, 7) is 14.6. The van der Waals surface area contributed by atoms with Gasteiger partial charge in [-0.2, -0.15) is 4.98 Å². The standard InChI is InChI=1S/C30H41N3O2/c1-9-23-12-11-13-24(10-2)28(23)29-31-22(6)26(30(32-29)34-17-16-33(7)8)19-35-27-18-25(20(3)4)15-14-21(27)5/h11-15,18,20H,9-10,16-17,19H2,1-8H3. The lowest BCUT2D eigenvalue weighted by atomic mass is 9.96. The van der Waals surface area contributed by atoms with Gasteiger partial charge < -0.3 is 14.4 Å². The van der Waals surface area contributed by atoms with E-state index in [-0.39, 0.29) is 0 Å². The Bertz CT molecular complexity index is 1120. The van der Waals surface area contributed by atoms with Crippen molar-refractivity contribution < 1.29 is 9.47 Å². The molecule has 2 aromatic carbocycles. The molecule has 5 nitrogen and oxygen atoms in total. The number of benzene rings is 2. The molecule has 0 aliphatic carbocycles. The predicted molar refractivity (Wildman–Crippen MR) is 145 cm³/mol. The van der Waals surface area contributed by atoms with E-state index in [4.69, 9.17) is 19.4 Å². The molecule has 0 N–H and O–H groups in total. The Morgan fingerprint density at radius 2 is 1.60 bits per heavy atom. The molecule has 0 aliphatic rings. The van der Waals surface area contributed by atoms with Crippen LogP contribution >= 0.6 is 0 Å². The molecule has 0 saturated carbocycles. The normalized spacial score (nSPS) is 11.4. The monoisotopic (exact) mass is 475 g/mol. The van der Waals surface area contributed by atoms with Crippen molar-refractivity contribution in [2.45, 2.75) is 66.9 Å². The average Bonchev–Trinajstić information content (AvgIpc) is 2.83. The number of ether oxygens (including phenoxy) is 2. The summed E-state index contributed by atoms with van der Waals surface area (Å²) in [5.41, 5.74) is 7.81. The van der Waals surface area contributed by atoms with Crippen LogP contribution in [0.1, 0.15) is 67.1 Å². The van der Waals surface area contributed by atoms with E-state index < -0.39 is 0 Å². The van der Waals surface area contributed by atoms with Gasteiger partial charge in [-0.15, -0.1) is 0 Å². The second-order valence-corrected chi connectivity index (χ2v) is 9.69. The second-order valence-electron chi connectivity index (χ2n) is 9.69. The van der Waals surface area contributed by atoms with Gasteiger partial charge in [0, 0.05) is 12.1 Å². The van der Waals surface area contributed by atoms with Crippen molar-refractivity contribution in [1.29, 1.82) is 0 Å². The van der Waals surface area contributed by atoms with Gasteiger partial charge >= 0.3 is 0 Å². The number of hydrogen-bond acceptors (Lipinski definition) is 5. The number of aromatic nitrogens is 2. The summed E-state index contributed by atoms with van der Waals surface area (Å²) >= 11 is 0. The van der Waals surface area contributed by atoms with Gasteiger partial charge in [-0.3, -0.25) is 0 Å². The van der Waals surface area contributed by atoms with Crippen LogP contribution in [0.25, 0.3) is 11.4 Å². The van der Waals surface area contributed by atoms with Crippen LogP contribution in [-0.2, 0) is 19.4 Å². The highest BCUT2D eigenvalue weighted by Gasteiger charge is 2.19. The molecule has 0 aliphatic heterocycles. The molecule has 0 atom stereocenters. The van der Waals surface area contributed by atoms with Gasteiger partial charge in [-0.05, 0) is 75.0 Å². The third-order valence-electron chi connectivity index (χ3n) is 6.43. The molecule has 1 aromatic heterocycles. The molecule has 0 fully saturated rings. The first-order valence-electron chi connectivity index (χ1n) is 12.7. The maximum atomic E-state index is 6.33. The van der Waals surface area contributed by atoms with Gasteiger partial charge in [0.05, 0.1) is 11.3 Å². The lowest BCUT2D eigenvalue weighted by Crippen LogP contribution is -2.20. The highest BCUT2D eigenvalue weighted by atomic mass is 16.5. The molecule has 3 rings (SSSR count). The fraction of sp³-hybridized carbons (Fsp3) is 0.467. The largest absolute Gasteiger partial charge is 0.488 e. The number of likely N-dealkylation sites (N-methyl/N-ethyl adjacent to an activating group) is 1. The summed E-state index contributed by atoms with van der Waals surface area (Å²) < 4.78 is 12.6. The first-order chi connectivity index (χ1) is 16.7. The lowest BCUT2D eigenvalue weighted by molar-refractivity contribution is 0.240. The molecular weight excluding hydrogens is 434 g/mol. The fourth-order valence-electron chi connectivity index (χ4n) is 4.10. The highest BCUT2D eigenvalue weighted by molar-refractivity contribution is 5.66. The smallest absolute Gasteiger partial charge is 0.224 e. The third-order valence-corrected chi connectivity index (χ3v) is 6.43. The fourth-order valence-corrected chi connectivity index (χ4v) is 4.10. The number of aryl methyl sites for hydroxylation is 4. The summed E-state index contributed by atoms with van der Waals surface area (Å²) in [5, 5.41) is 0. The van der Waals surface area contributed by atoms with Crippen molar-refractivity contribution in [3.05, 3.63) is 69.9 Å². The van der Waals surface area contributed by atoms with Crippen LogP contribution in [0.3, 0.4) is 0 Å². The van der Waals surface area contributed by atoms with Crippen LogP contribution in [0.4, 0.5) is 0 Å². The summed E-state index contributed by atoms with van der Waals surface area (Å²) in [5.74, 6) is 2.68. The van der Waals surface area contributed by atoms with Crippen molar-refractivity contribution >= 4 is 0 Å². The molecule has 0 amide bonds. The summed E-state index contributed by atoms with van der Waals surface area (Å²) in [7, 11) is 4.08. The molecule has 0 bridgehead atoms. The van der Waals surface area contributed by atoms with Crippen LogP contribution in [0.15, 0.2) is 36.4 Å². The maximum Gasteiger partial charge on any atom is 0.224 e. The number of rotatable bonds is 11. The lowest BCUT2D eigenvalue weighted by Gasteiger charge is -2.19. The van der Waals surface area contributed by atoms with Crippen molar-refractivity contribution in [2.24, 2.45) is 0 Å². The molecule has 0 unspecified atom stereocenters. The zero-order valence-electron chi connectivity index (χ0n) is 22.7. The average molecular weight is 476 g/mol. The molecule has 0 spiro atoms. The number of hydrogen-bond donors (Lipinski definition) is 0. The second kappa shape index (κ2) is 12.2. The zero-order chi connectivity index (χ0) is 25.5. The van der Waals surface area contributed by atoms with Crippen LogP contribution in [0, 0.1) is 13.8 Å². The molecule has 0 radical (unpaired) electrons. The van der Waals surface area contributed by atoms with E-state index in [0.717, 1.165) is 53.3 Å². The molecule has 188 valence electrons. The van der Waals surface area contributed by atoms with E-state index in [1.807, 2.05) is 21.0 Å². The number of nitrogens with zero attached hydrogens (tertiary/aromatic N) is 3. The van der Waals surface area contributed by atoms with Gasteiger partial charge in [0.1, 0.15) is 19.0 Å². The van der Waals surface area contributed by atoms with Crippen LogP contribution in [-0.4, -0.2) is 42.1 Å². The van der Waals surface area contributed by atoms with Gasteiger partial charge in [0.15, 0.2) is 5.82 Å². The first kappa shape index (κ1) is 26.7. The predicted octanol–water partition coefficient (Wildman–Crippen LogP) is 6.53. The molecule has 35 heavy (non-hydrogen) atoms. The Kier molecular flexibility index (Phi) is 9.27. The molecule has 5 heteroatoms. The molecule has 3 aromatic rings. The van der Waals surface area contributed by atoms with Gasteiger partial charge in [-0.25, -0.2) is 4.98 Å². The minimum atomic E-state index is 0.363. The van der Waals surface area contributed by atoms with Crippen molar-refractivity contribution in [2.75, 3.05) is 27.2 Å². The van der Waals surface area contributed by atoms with E-state index in [0.29, 0.717) is 25.0 Å². The Balaban J connectivity index is 2.01. The van der Waals surface area contributed by atoms with Crippen molar-refractivity contribution in [3.8, 4) is 23.0 Å². The van der Waals surface area contributed by atoms with Crippen LogP contribution in [0.5, 0.6) is 11.6 Å². The van der Waals surface area contributed by atoms with Gasteiger partial charge in [-0.1, -0.05) is 58.0 Å². The SMILES string of the molecule is CCc1cccc(CC)c1-c1nc(C)c(COc2cc(C(C)C)ccc2C)c(OCCN(C)C)n1. The minimum Gasteiger partial charge on any atom is -0.488 e. The Morgan fingerprint density at radius 3 is 2.20 bits per heavy atom. The van der Waals surface area contributed by atoms with Gasteiger partial charge in [0.2, 0.25) is 5.88 Å². The first-order valence-corrected chi connectivity index (χ1v) is 12.7. The minimum absolute atomic E-state index is 0.363. The third kappa shape index (κ3) is 6.61. The molecular formula is C30H41N3O2. The van der Waals surface area contributed by atoms with Crippen molar-refractivity contribution in [1.82, 2.24) is 14.9 Å². The zero-order valence-corrected chi connectivity index (χ0v) is 22.7. The quantitative estimate of drug-likeness (QED) is 0.316. The molecule has 0 saturated heterocycles. The Morgan fingerprint density at radius 1 is 0.914 bits per heavy atom. The summed E-state index contributed by atoms with van der Waals surface area (Å²) in [6.07, 6.45) is 1.86.